The molecule has 0 unspecified atom stereocenters. The quantitative estimate of drug-likeness (QED) is 0.863. The van der Waals surface area contributed by atoms with Gasteiger partial charge in [0.25, 0.3) is 10.0 Å². The molecule has 112 valence electrons. The van der Waals surface area contributed by atoms with Crippen LogP contribution in [0, 0.1) is 0 Å². The molecule has 1 heterocycles. The van der Waals surface area contributed by atoms with Crippen LogP contribution in [0.5, 0.6) is 5.75 Å². The molecule has 2 aromatic rings. The fourth-order valence-electron chi connectivity index (χ4n) is 2.32. The van der Waals surface area contributed by atoms with Crippen molar-refractivity contribution in [3.63, 3.8) is 0 Å². The van der Waals surface area contributed by atoms with Gasteiger partial charge in [-0.05, 0) is 24.3 Å². The van der Waals surface area contributed by atoms with Crippen molar-refractivity contribution in [2.24, 2.45) is 0 Å². The molecule has 0 fully saturated rings. The van der Waals surface area contributed by atoms with E-state index >= 15 is 0 Å². The number of hydrogen-bond acceptors (Lipinski definition) is 4. The molecular weight excluding hydrogens is 302 g/mol. The van der Waals surface area contributed by atoms with E-state index in [0.29, 0.717) is 11.3 Å². The van der Waals surface area contributed by atoms with E-state index in [-0.39, 0.29) is 21.9 Å². The number of carbonyl (C=O) groups excluding carboxylic acids is 1. The molecule has 0 saturated heterocycles. The lowest BCUT2D eigenvalue weighted by Crippen LogP contribution is -2.34. The highest BCUT2D eigenvalue weighted by atomic mass is 32.2. The second-order valence-electron chi connectivity index (χ2n) is 4.73. The maximum Gasteiger partial charge on any atom is 0.262 e. The number of hydrogen-bond donors (Lipinski definition) is 1. The van der Waals surface area contributed by atoms with Crippen molar-refractivity contribution < 1.29 is 17.9 Å². The first-order chi connectivity index (χ1) is 10.5. The molecule has 22 heavy (non-hydrogen) atoms. The van der Waals surface area contributed by atoms with Gasteiger partial charge in [-0.1, -0.05) is 30.3 Å². The summed E-state index contributed by atoms with van der Waals surface area (Å²) < 4.78 is 32.0. The van der Waals surface area contributed by atoms with Crippen LogP contribution in [0.4, 0.5) is 0 Å². The molecule has 0 aliphatic carbocycles. The summed E-state index contributed by atoms with van der Waals surface area (Å²) >= 11 is 0. The smallest absolute Gasteiger partial charge is 0.262 e. The minimum Gasteiger partial charge on any atom is -0.496 e. The topological polar surface area (TPSA) is 72.5 Å². The van der Waals surface area contributed by atoms with Crippen molar-refractivity contribution in [2.45, 2.75) is 4.90 Å². The molecule has 0 radical (unpaired) electrons. The van der Waals surface area contributed by atoms with Gasteiger partial charge in [-0.25, -0.2) is 8.42 Å². The van der Waals surface area contributed by atoms with E-state index in [1.54, 1.807) is 36.4 Å². The monoisotopic (exact) mass is 315 g/mol. The van der Waals surface area contributed by atoms with E-state index in [0.717, 1.165) is 0 Å². The van der Waals surface area contributed by atoms with Gasteiger partial charge in [-0.2, -0.15) is 0 Å². The molecular formula is C16H13NO4S. The molecule has 0 spiro atoms. The lowest BCUT2D eigenvalue weighted by atomic mass is 10.1. The van der Waals surface area contributed by atoms with Crippen LogP contribution in [-0.4, -0.2) is 21.3 Å². The number of sulfonamides is 1. The molecule has 6 heteroatoms. The van der Waals surface area contributed by atoms with E-state index in [9.17, 15) is 13.2 Å². The molecule has 0 atom stereocenters. The number of benzene rings is 2. The van der Waals surface area contributed by atoms with E-state index in [4.69, 9.17) is 4.74 Å². The van der Waals surface area contributed by atoms with Crippen molar-refractivity contribution in [1.29, 1.82) is 0 Å². The number of methoxy groups -OCH3 is 1. The van der Waals surface area contributed by atoms with E-state index in [2.05, 4.69) is 4.72 Å². The van der Waals surface area contributed by atoms with Gasteiger partial charge in [0.1, 0.15) is 5.75 Å². The number of nitrogens with one attached hydrogen (secondary N) is 1. The number of carbonyl (C=O) groups is 1. The van der Waals surface area contributed by atoms with Gasteiger partial charge in [-0.3, -0.25) is 9.52 Å². The van der Waals surface area contributed by atoms with Gasteiger partial charge in [-0.15, -0.1) is 0 Å². The Labute approximate surface area is 128 Å². The highest BCUT2D eigenvalue weighted by Crippen LogP contribution is 2.27. The third kappa shape index (κ3) is 2.37. The summed E-state index contributed by atoms with van der Waals surface area (Å²) in [5.41, 5.74) is 0.793. The molecule has 0 aromatic heterocycles. The number of para-hydroxylation sites is 1. The van der Waals surface area contributed by atoms with E-state index in [1.807, 2.05) is 0 Å². The Balaban J connectivity index is 2.15. The fraction of sp³-hybridized carbons (Fsp3) is 0.0625. The summed E-state index contributed by atoms with van der Waals surface area (Å²) in [7, 11) is -2.23. The first-order valence-electron chi connectivity index (χ1n) is 6.54. The summed E-state index contributed by atoms with van der Waals surface area (Å²) in [6, 6.07) is 13.2. The molecule has 2 aromatic carbocycles. The lowest BCUT2D eigenvalue weighted by Gasteiger charge is -2.19. The number of Topliss-reactive ketones (excluding diaryl/α,β-unsaturated/α-hetero) is 1. The maximum atomic E-state index is 12.5. The Morgan fingerprint density at radius 1 is 1.05 bits per heavy atom. The van der Waals surface area contributed by atoms with Crippen LogP contribution in [0.3, 0.4) is 0 Å². The summed E-state index contributed by atoms with van der Waals surface area (Å²) in [5.74, 6) is 0.192. The second-order valence-corrected chi connectivity index (χ2v) is 6.38. The largest absolute Gasteiger partial charge is 0.496 e. The van der Waals surface area contributed by atoms with Crippen molar-refractivity contribution >= 4 is 21.9 Å². The van der Waals surface area contributed by atoms with Crippen LogP contribution in [0.25, 0.3) is 6.08 Å². The average Bonchev–Trinajstić information content (AvgIpc) is 2.53. The van der Waals surface area contributed by atoms with Gasteiger partial charge in [0.05, 0.1) is 17.7 Å². The third-order valence-corrected chi connectivity index (χ3v) is 4.77. The van der Waals surface area contributed by atoms with Gasteiger partial charge in [0, 0.05) is 11.1 Å². The second kappa shape index (κ2) is 5.31. The van der Waals surface area contributed by atoms with Gasteiger partial charge < -0.3 is 4.74 Å². The molecule has 0 saturated carbocycles. The van der Waals surface area contributed by atoms with Crippen LogP contribution in [0.1, 0.15) is 15.9 Å². The molecule has 3 rings (SSSR count). The Bertz CT molecular complexity index is 885. The van der Waals surface area contributed by atoms with Crippen molar-refractivity contribution in [3.8, 4) is 5.75 Å². The molecule has 0 amide bonds. The lowest BCUT2D eigenvalue weighted by molar-refractivity contribution is 0.102. The molecule has 0 bridgehead atoms. The van der Waals surface area contributed by atoms with Gasteiger partial charge >= 0.3 is 0 Å². The minimum atomic E-state index is -3.74. The summed E-state index contributed by atoms with van der Waals surface area (Å²) in [4.78, 5) is 12.5. The van der Waals surface area contributed by atoms with E-state index in [1.165, 1.54) is 25.3 Å². The SMILES string of the molecule is COc1ccccc1/C=C1\NS(=O)(=O)c2ccccc2C1=O. The Morgan fingerprint density at radius 3 is 2.50 bits per heavy atom. The maximum absolute atomic E-state index is 12.5. The Morgan fingerprint density at radius 2 is 1.73 bits per heavy atom. The minimum absolute atomic E-state index is 0.00261. The van der Waals surface area contributed by atoms with Crippen LogP contribution in [0.2, 0.25) is 0 Å². The molecule has 1 aliphatic heterocycles. The predicted molar refractivity (Wildman–Crippen MR) is 82.1 cm³/mol. The number of ether oxygens (including phenoxy) is 1. The predicted octanol–water partition coefficient (Wildman–Crippen LogP) is 2.21. The zero-order valence-electron chi connectivity index (χ0n) is 11.7. The average molecular weight is 315 g/mol. The van der Waals surface area contributed by atoms with Crippen molar-refractivity contribution in [3.05, 3.63) is 65.4 Å². The van der Waals surface area contributed by atoms with Crippen LogP contribution >= 0.6 is 0 Å². The van der Waals surface area contributed by atoms with Crippen LogP contribution < -0.4 is 9.46 Å². The summed E-state index contributed by atoms with van der Waals surface area (Å²) in [5, 5.41) is 0. The van der Waals surface area contributed by atoms with Crippen LogP contribution in [-0.2, 0) is 10.0 Å². The first-order valence-corrected chi connectivity index (χ1v) is 8.02. The van der Waals surface area contributed by atoms with Crippen LogP contribution in [0.15, 0.2) is 59.1 Å². The fourth-order valence-corrected chi connectivity index (χ4v) is 3.57. The summed E-state index contributed by atoms with van der Waals surface area (Å²) in [6.07, 6.45) is 1.48. The Kier molecular flexibility index (Phi) is 3.46. The molecule has 5 nitrogen and oxygen atoms in total. The van der Waals surface area contributed by atoms with Gasteiger partial charge in [0.2, 0.25) is 5.78 Å². The number of ketones is 1. The number of fused-ring (bicyclic) bond motifs is 1. The summed E-state index contributed by atoms with van der Waals surface area (Å²) in [6.45, 7) is 0. The first kappa shape index (κ1) is 14.3. The van der Waals surface area contributed by atoms with E-state index < -0.39 is 10.0 Å². The zero-order valence-corrected chi connectivity index (χ0v) is 12.6. The van der Waals surface area contributed by atoms with Gasteiger partial charge in [0.15, 0.2) is 0 Å². The highest BCUT2D eigenvalue weighted by Gasteiger charge is 2.31. The standard InChI is InChI=1S/C16H13NO4S/c1-21-14-8-4-2-6-11(14)10-13-16(18)12-7-3-5-9-15(12)22(19,20)17-13/h2-10,17H,1H3/b13-10-. The van der Waals surface area contributed by atoms with Crippen molar-refractivity contribution in [1.82, 2.24) is 4.72 Å². The number of allylic oxidation sites excluding steroid dienone is 1. The zero-order chi connectivity index (χ0) is 15.7. The molecule has 1 aliphatic rings. The number of rotatable bonds is 2. The Hall–Kier alpha value is -2.60. The highest BCUT2D eigenvalue weighted by molar-refractivity contribution is 7.90. The normalized spacial score (nSPS) is 17.7. The van der Waals surface area contributed by atoms with Crippen molar-refractivity contribution in [2.75, 3.05) is 7.11 Å². The third-order valence-electron chi connectivity index (χ3n) is 3.35. The molecule has 1 N–H and O–H groups in total.